The van der Waals surface area contributed by atoms with Crippen molar-refractivity contribution in [1.29, 1.82) is 0 Å². The molecule has 0 saturated carbocycles. The van der Waals surface area contributed by atoms with Crippen molar-refractivity contribution in [3.63, 3.8) is 0 Å². The topological polar surface area (TPSA) is 125 Å². The van der Waals surface area contributed by atoms with E-state index in [-0.39, 0.29) is 30.5 Å². The summed E-state index contributed by atoms with van der Waals surface area (Å²) in [5.74, 6) is -1.71. The highest BCUT2D eigenvalue weighted by Gasteiger charge is 2.45. The van der Waals surface area contributed by atoms with Crippen LogP contribution in [0.15, 0.2) is 42.5 Å². The lowest BCUT2D eigenvalue weighted by Gasteiger charge is -2.28. The van der Waals surface area contributed by atoms with Crippen LogP contribution in [0.2, 0.25) is 0 Å². The molecule has 0 aliphatic carbocycles. The van der Waals surface area contributed by atoms with Crippen LogP contribution in [-0.4, -0.2) is 59.7 Å². The van der Waals surface area contributed by atoms with Gasteiger partial charge < -0.3 is 15.0 Å². The average molecular weight is 450 g/mol. The third-order valence-electron chi connectivity index (χ3n) is 5.63. The smallest absolute Gasteiger partial charge is 0.321 e. The van der Waals surface area contributed by atoms with Crippen molar-refractivity contribution in [1.82, 2.24) is 15.1 Å². The highest BCUT2D eigenvalue weighted by Crippen LogP contribution is 2.30. The number of methoxy groups -OCH3 is 1. The van der Waals surface area contributed by atoms with Gasteiger partial charge in [0.25, 0.3) is 11.8 Å². The van der Waals surface area contributed by atoms with Crippen LogP contribution in [-0.2, 0) is 16.1 Å². The van der Waals surface area contributed by atoms with E-state index in [0.717, 1.165) is 4.90 Å². The van der Waals surface area contributed by atoms with Crippen LogP contribution in [0.5, 0.6) is 5.75 Å². The van der Waals surface area contributed by atoms with E-state index in [1.807, 2.05) is 0 Å². The molecule has 1 fully saturated rings. The summed E-state index contributed by atoms with van der Waals surface area (Å²) in [6.07, 6.45) is 0.123. The lowest BCUT2D eigenvalue weighted by molar-refractivity contribution is -0.136. The van der Waals surface area contributed by atoms with E-state index >= 15 is 0 Å². The van der Waals surface area contributed by atoms with Crippen LogP contribution < -0.4 is 15.4 Å². The number of amides is 6. The highest BCUT2D eigenvalue weighted by molar-refractivity contribution is 6.24. The lowest BCUT2D eigenvalue weighted by atomic mass is 10.0. The van der Waals surface area contributed by atoms with Crippen LogP contribution in [0.1, 0.15) is 39.1 Å². The number of hydrogen-bond donors (Lipinski definition) is 2. The van der Waals surface area contributed by atoms with Gasteiger partial charge in [-0.05, 0) is 30.2 Å². The molecule has 2 aliphatic heterocycles. The molecule has 10 heteroatoms. The Morgan fingerprint density at radius 3 is 2.64 bits per heavy atom. The lowest BCUT2D eigenvalue weighted by Crippen LogP contribution is -2.54. The van der Waals surface area contributed by atoms with Gasteiger partial charge in [0.15, 0.2) is 0 Å². The van der Waals surface area contributed by atoms with Crippen LogP contribution >= 0.6 is 0 Å². The van der Waals surface area contributed by atoms with Gasteiger partial charge in [0.1, 0.15) is 11.8 Å². The Balaban J connectivity index is 1.53. The molecular formula is C23H22N4O6. The van der Waals surface area contributed by atoms with Crippen molar-refractivity contribution in [2.45, 2.75) is 25.4 Å². The maximum atomic E-state index is 13.2. The molecule has 1 saturated heterocycles. The number of ether oxygens (including phenoxy) is 1. The molecule has 4 rings (SSSR count). The highest BCUT2D eigenvalue weighted by atomic mass is 16.5. The number of benzene rings is 2. The normalized spacial score (nSPS) is 17.5. The summed E-state index contributed by atoms with van der Waals surface area (Å²) in [7, 11) is 3.09. The Morgan fingerprint density at radius 1 is 1.15 bits per heavy atom. The number of rotatable bonds is 5. The minimum absolute atomic E-state index is 0.0455. The van der Waals surface area contributed by atoms with Crippen molar-refractivity contribution >= 4 is 35.3 Å². The summed E-state index contributed by atoms with van der Waals surface area (Å²) in [6.45, 7) is 0.0567. The van der Waals surface area contributed by atoms with E-state index in [0.29, 0.717) is 17.0 Å². The van der Waals surface area contributed by atoms with E-state index < -0.39 is 35.7 Å². The monoisotopic (exact) mass is 450 g/mol. The molecule has 0 bridgehead atoms. The number of hydrogen-bond acceptors (Lipinski definition) is 6. The summed E-state index contributed by atoms with van der Waals surface area (Å²) < 4.78 is 5.15. The molecule has 10 nitrogen and oxygen atoms in total. The number of urea groups is 1. The molecule has 6 amide bonds. The standard InChI is InChI=1S/C23H22N4O6/c1-26(23(32)24-14-6-4-7-15(11-14)33-2)12-13-5-3-8-16-19(13)22(31)27(21(16)30)17-9-10-18(28)25-20(17)29/h3-8,11,17H,9-10,12H2,1-2H3,(H,24,32)(H,25,28,29). The maximum Gasteiger partial charge on any atom is 0.321 e. The molecule has 2 heterocycles. The second kappa shape index (κ2) is 8.73. The summed E-state index contributed by atoms with van der Waals surface area (Å²) >= 11 is 0. The van der Waals surface area contributed by atoms with E-state index in [1.54, 1.807) is 43.4 Å². The van der Waals surface area contributed by atoms with Gasteiger partial charge in [0.05, 0.1) is 18.2 Å². The quantitative estimate of drug-likeness (QED) is 0.669. The fraction of sp³-hybridized carbons (Fsp3) is 0.261. The second-order valence-electron chi connectivity index (χ2n) is 7.81. The van der Waals surface area contributed by atoms with Gasteiger partial charge in [-0.25, -0.2) is 4.79 Å². The molecule has 170 valence electrons. The van der Waals surface area contributed by atoms with E-state index in [1.165, 1.54) is 18.1 Å². The Morgan fingerprint density at radius 2 is 1.91 bits per heavy atom. The number of nitrogens with one attached hydrogen (secondary N) is 2. The van der Waals surface area contributed by atoms with Crippen molar-refractivity contribution in [3.05, 3.63) is 59.2 Å². The Kier molecular flexibility index (Phi) is 5.82. The fourth-order valence-corrected chi connectivity index (χ4v) is 3.96. The van der Waals surface area contributed by atoms with Crippen LogP contribution in [0.3, 0.4) is 0 Å². The number of carbonyl (C=O) groups is 5. The van der Waals surface area contributed by atoms with Crippen molar-refractivity contribution < 1.29 is 28.7 Å². The molecule has 1 unspecified atom stereocenters. The molecule has 2 aliphatic rings. The number of fused-ring (bicyclic) bond motifs is 1. The average Bonchev–Trinajstić information content (AvgIpc) is 3.05. The first-order valence-corrected chi connectivity index (χ1v) is 10.3. The first-order chi connectivity index (χ1) is 15.8. The van der Waals surface area contributed by atoms with Gasteiger partial charge in [-0.2, -0.15) is 0 Å². The van der Waals surface area contributed by atoms with Gasteiger partial charge in [-0.15, -0.1) is 0 Å². The van der Waals surface area contributed by atoms with E-state index in [2.05, 4.69) is 10.6 Å². The second-order valence-corrected chi connectivity index (χ2v) is 7.81. The summed E-state index contributed by atoms with van der Waals surface area (Å²) in [5.41, 5.74) is 1.35. The number of anilines is 1. The molecule has 0 spiro atoms. The third-order valence-corrected chi connectivity index (χ3v) is 5.63. The Hall–Kier alpha value is -4.21. The summed E-state index contributed by atoms with van der Waals surface area (Å²) in [6, 6.07) is 10.2. The fourth-order valence-electron chi connectivity index (χ4n) is 3.96. The van der Waals surface area contributed by atoms with Gasteiger partial charge in [-0.1, -0.05) is 18.2 Å². The van der Waals surface area contributed by atoms with E-state index in [4.69, 9.17) is 4.74 Å². The van der Waals surface area contributed by atoms with Crippen LogP contribution in [0, 0.1) is 0 Å². The minimum atomic E-state index is -1.04. The molecule has 1 atom stereocenters. The molecule has 2 aromatic rings. The zero-order chi connectivity index (χ0) is 23.7. The molecule has 0 aromatic heterocycles. The number of nitrogens with zero attached hydrogens (tertiary/aromatic N) is 2. The van der Waals surface area contributed by atoms with Crippen molar-refractivity contribution in [2.24, 2.45) is 0 Å². The number of piperidine rings is 1. The molecular weight excluding hydrogens is 428 g/mol. The SMILES string of the molecule is COc1cccc(NC(=O)N(C)Cc2cccc3c2C(=O)N(C2CCC(=O)NC2=O)C3=O)c1. The Bertz CT molecular complexity index is 1180. The zero-order valence-corrected chi connectivity index (χ0v) is 18.1. The van der Waals surface area contributed by atoms with Crippen LogP contribution in [0.25, 0.3) is 0 Å². The predicted molar refractivity (Wildman–Crippen MR) is 117 cm³/mol. The van der Waals surface area contributed by atoms with E-state index in [9.17, 15) is 24.0 Å². The van der Waals surface area contributed by atoms with Crippen molar-refractivity contribution in [2.75, 3.05) is 19.5 Å². The number of imide groups is 2. The zero-order valence-electron chi connectivity index (χ0n) is 18.1. The van der Waals surface area contributed by atoms with Gasteiger partial charge in [0, 0.05) is 31.8 Å². The van der Waals surface area contributed by atoms with Crippen molar-refractivity contribution in [3.8, 4) is 5.75 Å². The minimum Gasteiger partial charge on any atom is -0.497 e. The number of carbonyl (C=O) groups excluding carboxylic acids is 5. The predicted octanol–water partition coefficient (Wildman–Crippen LogP) is 1.76. The van der Waals surface area contributed by atoms with Gasteiger partial charge >= 0.3 is 6.03 Å². The van der Waals surface area contributed by atoms with Gasteiger partial charge in [0.2, 0.25) is 11.8 Å². The summed E-state index contributed by atoms with van der Waals surface area (Å²) in [5, 5.41) is 4.93. The first kappa shape index (κ1) is 22.0. The molecule has 2 aromatic carbocycles. The molecule has 0 radical (unpaired) electrons. The molecule has 2 N–H and O–H groups in total. The van der Waals surface area contributed by atoms with Gasteiger partial charge in [-0.3, -0.25) is 29.4 Å². The first-order valence-electron chi connectivity index (χ1n) is 10.3. The largest absolute Gasteiger partial charge is 0.497 e. The van der Waals surface area contributed by atoms with Crippen LogP contribution in [0.4, 0.5) is 10.5 Å². The Labute approximate surface area is 189 Å². The third kappa shape index (κ3) is 4.14. The molecule has 33 heavy (non-hydrogen) atoms. The summed E-state index contributed by atoms with van der Waals surface area (Å²) in [4.78, 5) is 64.8. The maximum absolute atomic E-state index is 13.2.